The molecule has 0 radical (unpaired) electrons. The normalized spacial score (nSPS) is 16.2. The second kappa shape index (κ2) is 9.99. The summed E-state index contributed by atoms with van der Waals surface area (Å²) in [5.41, 5.74) is 0.752. The number of hydrogen-bond donors (Lipinski definition) is 1. The lowest BCUT2D eigenvalue weighted by molar-refractivity contribution is -0.133. The highest BCUT2D eigenvalue weighted by Gasteiger charge is 2.23. The number of carbonyl (C=O) groups excluding carboxylic acids is 3. The van der Waals surface area contributed by atoms with Crippen molar-refractivity contribution in [3.8, 4) is 0 Å². The van der Waals surface area contributed by atoms with Crippen LogP contribution >= 0.6 is 11.3 Å². The fraction of sp³-hybridized carbons (Fsp3) is 0.650. The Morgan fingerprint density at radius 1 is 1.15 bits per heavy atom. The van der Waals surface area contributed by atoms with Gasteiger partial charge in [0.1, 0.15) is 0 Å². The largest absolute Gasteiger partial charge is 0.353 e. The van der Waals surface area contributed by atoms with Crippen molar-refractivity contribution >= 4 is 28.9 Å². The first-order chi connectivity index (χ1) is 12.8. The number of thiophene rings is 1. The average molecular weight is 394 g/mol. The highest BCUT2D eigenvalue weighted by Crippen LogP contribution is 2.22. The minimum Gasteiger partial charge on any atom is -0.353 e. The third-order valence-electron chi connectivity index (χ3n) is 5.02. The summed E-state index contributed by atoms with van der Waals surface area (Å²) in [6, 6.07) is 2.10. The van der Waals surface area contributed by atoms with E-state index in [0.29, 0.717) is 32.7 Å². The zero-order valence-electron chi connectivity index (χ0n) is 16.8. The van der Waals surface area contributed by atoms with E-state index in [0.717, 1.165) is 21.7 Å². The second-order valence-electron chi connectivity index (χ2n) is 7.28. The third-order valence-corrected chi connectivity index (χ3v) is 5.99. The summed E-state index contributed by atoms with van der Waals surface area (Å²) in [6.07, 6.45) is 1.42. The predicted molar refractivity (Wildman–Crippen MR) is 108 cm³/mol. The molecule has 0 saturated carbocycles. The minimum atomic E-state index is 0.0247. The van der Waals surface area contributed by atoms with Crippen LogP contribution in [0.5, 0.6) is 0 Å². The van der Waals surface area contributed by atoms with Crippen molar-refractivity contribution in [2.45, 2.75) is 53.0 Å². The summed E-state index contributed by atoms with van der Waals surface area (Å²) in [5.74, 6) is 0.110. The zero-order valence-corrected chi connectivity index (χ0v) is 17.7. The Labute approximate surface area is 165 Å². The van der Waals surface area contributed by atoms with Crippen LogP contribution in [0.1, 0.15) is 53.2 Å². The number of aryl methyl sites for hydroxylation is 2. The number of ketones is 1. The van der Waals surface area contributed by atoms with Gasteiger partial charge in [-0.3, -0.25) is 19.3 Å². The van der Waals surface area contributed by atoms with Crippen molar-refractivity contribution in [1.29, 1.82) is 0 Å². The number of rotatable bonds is 8. The van der Waals surface area contributed by atoms with Crippen molar-refractivity contribution in [2.75, 3.05) is 32.7 Å². The molecule has 1 aromatic heterocycles. The molecule has 1 aliphatic rings. The van der Waals surface area contributed by atoms with Gasteiger partial charge in [0.2, 0.25) is 11.8 Å². The molecule has 2 amide bonds. The number of carbonyl (C=O) groups is 3. The van der Waals surface area contributed by atoms with Gasteiger partial charge in [0.05, 0.1) is 6.54 Å². The Morgan fingerprint density at radius 3 is 2.37 bits per heavy atom. The van der Waals surface area contributed by atoms with Crippen molar-refractivity contribution in [2.24, 2.45) is 0 Å². The molecule has 0 aromatic carbocycles. The SMILES string of the molecule is CCC(C)NC(=O)CN1CCN(C(=O)CCC(=O)c2cc(C)sc2C)CC1. The fourth-order valence-corrected chi connectivity index (χ4v) is 4.14. The standard InChI is InChI=1S/C20H31N3O3S/c1-5-14(2)21-19(25)13-22-8-10-23(11-9-22)20(26)7-6-18(24)17-12-15(3)27-16(17)4/h12,14H,5-11,13H2,1-4H3,(H,21,25). The van der Waals surface area contributed by atoms with Crippen LogP contribution < -0.4 is 5.32 Å². The Balaban J connectivity index is 1.72. The quantitative estimate of drug-likeness (QED) is 0.689. The van der Waals surface area contributed by atoms with Crippen LogP contribution in [0.2, 0.25) is 0 Å². The number of Topliss-reactive ketones (excluding diaryl/α,β-unsaturated/α-hetero) is 1. The van der Waals surface area contributed by atoms with Gasteiger partial charge in [-0.15, -0.1) is 11.3 Å². The Hall–Kier alpha value is -1.73. The molecule has 1 N–H and O–H groups in total. The highest BCUT2D eigenvalue weighted by atomic mass is 32.1. The Bertz CT molecular complexity index is 678. The van der Waals surface area contributed by atoms with Crippen LogP contribution in [0, 0.1) is 13.8 Å². The lowest BCUT2D eigenvalue weighted by atomic mass is 10.1. The molecule has 1 aromatic rings. The smallest absolute Gasteiger partial charge is 0.234 e. The maximum atomic E-state index is 12.4. The topological polar surface area (TPSA) is 69.7 Å². The monoisotopic (exact) mass is 393 g/mol. The second-order valence-corrected chi connectivity index (χ2v) is 8.74. The molecule has 27 heavy (non-hydrogen) atoms. The average Bonchev–Trinajstić information content (AvgIpc) is 2.98. The summed E-state index contributed by atoms with van der Waals surface area (Å²) in [4.78, 5) is 42.7. The van der Waals surface area contributed by atoms with E-state index in [1.807, 2.05) is 38.7 Å². The van der Waals surface area contributed by atoms with E-state index in [9.17, 15) is 14.4 Å². The molecular formula is C20H31N3O3S. The number of amides is 2. The van der Waals surface area contributed by atoms with Crippen molar-refractivity contribution in [3.63, 3.8) is 0 Å². The molecule has 7 heteroatoms. The number of hydrogen-bond acceptors (Lipinski definition) is 5. The van der Waals surface area contributed by atoms with Crippen LogP contribution in [-0.2, 0) is 9.59 Å². The van der Waals surface area contributed by atoms with E-state index in [4.69, 9.17) is 0 Å². The summed E-state index contributed by atoms with van der Waals surface area (Å²) < 4.78 is 0. The van der Waals surface area contributed by atoms with Gasteiger partial charge in [-0.05, 0) is 33.3 Å². The fourth-order valence-electron chi connectivity index (χ4n) is 3.20. The molecule has 1 aliphatic heterocycles. The van der Waals surface area contributed by atoms with E-state index in [-0.39, 0.29) is 36.5 Å². The van der Waals surface area contributed by atoms with Crippen LogP contribution in [0.15, 0.2) is 6.07 Å². The van der Waals surface area contributed by atoms with Crippen molar-refractivity contribution in [1.82, 2.24) is 15.1 Å². The summed E-state index contributed by atoms with van der Waals surface area (Å²) >= 11 is 1.62. The highest BCUT2D eigenvalue weighted by molar-refractivity contribution is 7.12. The van der Waals surface area contributed by atoms with Gasteiger partial charge in [-0.25, -0.2) is 0 Å². The summed E-state index contributed by atoms with van der Waals surface area (Å²) in [6.45, 7) is 11.0. The number of nitrogens with one attached hydrogen (secondary N) is 1. The lowest BCUT2D eigenvalue weighted by Gasteiger charge is -2.34. The predicted octanol–water partition coefficient (Wildman–Crippen LogP) is 2.39. The molecule has 0 aliphatic carbocycles. The van der Waals surface area contributed by atoms with Crippen LogP contribution in [0.4, 0.5) is 0 Å². The summed E-state index contributed by atoms with van der Waals surface area (Å²) in [5, 5.41) is 2.97. The van der Waals surface area contributed by atoms with Crippen LogP contribution in [-0.4, -0.2) is 66.2 Å². The molecular weight excluding hydrogens is 362 g/mol. The van der Waals surface area contributed by atoms with Crippen molar-refractivity contribution in [3.05, 3.63) is 21.4 Å². The summed E-state index contributed by atoms with van der Waals surface area (Å²) in [7, 11) is 0. The first-order valence-corrected chi connectivity index (χ1v) is 10.5. The maximum Gasteiger partial charge on any atom is 0.234 e. The van der Waals surface area contributed by atoms with Gasteiger partial charge in [-0.1, -0.05) is 6.92 Å². The minimum absolute atomic E-state index is 0.0247. The van der Waals surface area contributed by atoms with Crippen LogP contribution in [0.3, 0.4) is 0 Å². The van der Waals surface area contributed by atoms with Gasteiger partial charge < -0.3 is 10.2 Å². The van der Waals surface area contributed by atoms with Gasteiger partial charge in [0.15, 0.2) is 5.78 Å². The van der Waals surface area contributed by atoms with E-state index in [1.165, 1.54) is 0 Å². The molecule has 1 atom stereocenters. The molecule has 2 rings (SSSR count). The van der Waals surface area contributed by atoms with E-state index < -0.39 is 0 Å². The van der Waals surface area contributed by atoms with E-state index in [2.05, 4.69) is 10.2 Å². The molecule has 2 heterocycles. The van der Waals surface area contributed by atoms with Crippen LogP contribution in [0.25, 0.3) is 0 Å². The molecule has 1 unspecified atom stereocenters. The Morgan fingerprint density at radius 2 is 1.81 bits per heavy atom. The van der Waals surface area contributed by atoms with E-state index in [1.54, 1.807) is 11.3 Å². The van der Waals surface area contributed by atoms with Gasteiger partial charge in [-0.2, -0.15) is 0 Å². The van der Waals surface area contributed by atoms with Gasteiger partial charge in [0, 0.05) is 60.4 Å². The van der Waals surface area contributed by atoms with E-state index >= 15 is 0 Å². The lowest BCUT2D eigenvalue weighted by Crippen LogP contribution is -2.51. The van der Waals surface area contributed by atoms with Crippen molar-refractivity contribution < 1.29 is 14.4 Å². The molecule has 150 valence electrons. The first kappa shape index (κ1) is 21.6. The van der Waals surface area contributed by atoms with Gasteiger partial charge in [0.25, 0.3) is 0 Å². The molecule has 1 saturated heterocycles. The first-order valence-electron chi connectivity index (χ1n) is 9.69. The molecule has 6 nitrogen and oxygen atoms in total. The molecule has 0 bridgehead atoms. The number of piperazine rings is 1. The number of nitrogens with zero attached hydrogens (tertiary/aromatic N) is 2. The zero-order chi connectivity index (χ0) is 20.0. The Kier molecular flexibility index (Phi) is 7.98. The maximum absolute atomic E-state index is 12.4. The van der Waals surface area contributed by atoms with Gasteiger partial charge >= 0.3 is 0 Å². The third kappa shape index (κ3) is 6.43. The molecule has 1 fully saturated rings. The molecule has 0 spiro atoms.